The van der Waals surface area contributed by atoms with Crippen molar-refractivity contribution in [3.8, 4) is 0 Å². The first kappa shape index (κ1) is 14.2. The van der Waals surface area contributed by atoms with Gasteiger partial charge in [-0.2, -0.15) is 11.8 Å². The lowest BCUT2D eigenvalue weighted by atomic mass is 9.84. The molecule has 0 radical (unpaired) electrons. The molecule has 0 bridgehead atoms. The summed E-state index contributed by atoms with van der Waals surface area (Å²) < 4.78 is 0. The Morgan fingerprint density at radius 2 is 2.18 bits per heavy atom. The number of amides is 1. The second-order valence-electron chi connectivity index (χ2n) is 4.53. The van der Waals surface area contributed by atoms with E-state index < -0.39 is 5.41 Å². The van der Waals surface area contributed by atoms with Crippen molar-refractivity contribution in [3.63, 3.8) is 0 Å². The molecule has 6 heteroatoms. The van der Waals surface area contributed by atoms with Crippen LogP contribution >= 0.6 is 11.8 Å². The number of nitrogens with two attached hydrogens (primary N) is 1. The van der Waals surface area contributed by atoms with E-state index in [9.17, 15) is 4.79 Å². The van der Waals surface area contributed by atoms with Crippen molar-refractivity contribution in [2.24, 2.45) is 16.3 Å². The minimum Gasteiger partial charge on any atom is -0.409 e. The lowest BCUT2D eigenvalue weighted by Gasteiger charge is -2.26. The molecular formula is C11H21N3O2S. The zero-order valence-electron chi connectivity index (χ0n) is 10.4. The summed E-state index contributed by atoms with van der Waals surface area (Å²) in [6, 6.07) is 0. The summed E-state index contributed by atoms with van der Waals surface area (Å²) >= 11 is 1.70. The molecule has 1 fully saturated rings. The largest absolute Gasteiger partial charge is 0.409 e. The highest BCUT2D eigenvalue weighted by Gasteiger charge is 2.45. The maximum atomic E-state index is 12.2. The van der Waals surface area contributed by atoms with Crippen molar-refractivity contribution < 1.29 is 10.0 Å². The summed E-state index contributed by atoms with van der Waals surface area (Å²) in [5.74, 6) is -0.0597. The minimum atomic E-state index is -0.785. The molecule has 4 N–H and O–H groups in total. The average Bonchev–Trinajstić information content (AvgIpc) is 2.84. The summed E-state index contributed by atoms with van der Waals surface area (Å²) in [6.07, 6.45) is 5.24. The first-order chi connectivity index (χ1) is 8.06. The molecule has 98 valence electrons. The molecule has 1 atom stereocenters. The molecule has 5 nitrogen and oxygen atoms in total. The first-order valence-corrected chi connectivity index (χ1v) is 7.14. The van der Waals surface area contributed by atoms with Gasteiger partial charge in [-0.05, 0) is 19.1 Å². The first-order valence-electron chi connectivity index (χ1n) is 5.86. The summed E-state index contributed by atoms with van der Waals surface area (Å²) in [4.78, 5) is 12.2. The van der Waals surface area contributed by atoms with Crippen LogP contribution in [0.1, 0.15) is 32.6 Å². The van der Waals surface area contributed by atoms with E-state index in [1.807, 2.05) is 6.26 Å². The second kappa shape index (κ2) is 6.14. The number of hydrogen-bond donors (Lipinski definition) is 3. The van der Waals surface area contributed by atoms with Crippen LogP contribution in [-0.2, 0) is 4.79 Å². The standard InChI is InChI=1S/C11H21N3O2S/c1-8(17-2)7-13-10(15)11(9(12)14-16)5-3-4-6-11/h8,16H,3-7H2,1-2H3,(H2,12,14)(H,13,15). The number of carbonyl (C=O) groups is 1. The van der Waals surface area contributed by atoms with Crippen LogP contribution in [-0.4, -0.2) is 35.0 Å². The Labute approximate surface area is 106 Å². The van der Waals surface area contributed by atoms with Crippen LogP contribution < -0.4 is 11.1 Å². The highest BCUT2D eigenvalue weighted by Crippen LogP contribution is 2.38. The molecule has 0 saturated heterocycles. The van der Waals surface area contributed by atoms with E-state index in [1.165, 1.54) is 0 Å². The van der Waals surface area contributed by atoms with Crippen molar-refractivity contribution in [1.29, 1.82) is 0 Å². The molecule has 1 saturated carbocycles. The van der Waals surface area contributed by atoms with Gasteiger partial charge in [0, 0.05) is 11.8 Å². The molecule has 1 aliphatic rings. The van der Waals surface area contributed by atoms with Crippen LogP contribution in [0.3, 0.4) is 0 Å². The van der Waals surface area contributed by atoms with Crippen molar-refractivity contribution in [1.82, 2.24) is 5.32 Å². The van der Waals surface area contributed by atoms with Crippen molar-refractivity contribution in [2.45, 2.75) is 37.9 Å². The third-order valence-corrected chi connectivity index (χ3v) is 4.41. The fourth-order valence-corrected chi connectivity index (χ4v) is 2.41. The van der Waals surface area contributed by atoms with Gasteiger partial charge in [0.25, 0.3) is 0 Å². The molecule has 0 heterocycles. The van der Waals surface area contributed by atoms with Gasteiger partial charge in [0.15, 0.2) is 5.84 Å². The zero-order chi connectivity index (χ0) is 12.9. The second-order valence-corrected chi connectivity index (χ2v) is 5.81. The number of amidine groups is 1. The maximum Gasteiger partial charge on any atom is 0.233 e. The predicted molar refractivity (Wildman–Crippen MR) is 70.3 cm³/mol. The summed E-state index contributed by atoms with van der Waals surface area (Å²) in [5.41, 5.74) is 4.90. The zero-order valence-corrected chi connectivity index (χ0v) is 11.2. The van der Waals surface area contributed by atoms with Gasteiger partial charge < -0.3 is 16.3 Å². The van der Waals surface area contributed by atoms with E-state index in [0.717, 1.165) is 12.8 Å². The Hall–Kier alpha value is -0.910. The molecule has 1 aliphatic carbocycles. The third kappa shape index (κ3) is 3.06. The number of oxime groups is 1. The average molecular weight is 259 g/mol. The van der Waals surface area contributed by atoms with Gasteiger partial charge in [0.1, 0.15) is 5.41 Å². The molecule has 1 unspecified atom stereocenters. The highest BCUT2D eigenvalue weighted by molar-refractivity contribution is 7.99. The van der Waals surface area contributed by atoms with E-state index in [4.69, 9.17) is 10.9 Å². The number of nitrogens with one attached hydrogen (secondary N) is 1. The lowest BCUT2D eigenvalue weighted by molar-refractivity contribution is -0.127. The van der Waals surface area contributed by atoms with Crippen molar-refractivity contribution in [3.05, 3.63) is 0 Å². The van der Waals surface area contributed by atoms with Gasteiger partial charge in [-0.3, -0.25) is 4.79 Å². The fraction of sp³-hybridized carbons (Fsp3) is 0.818. The van der Waals surface area contributed by atoms with Gasteiger partial charge in [0.05, 0.1) is 0 Å². The number of thioether (sulfide) groups is 1. The topological polar surface area (TPSA) is 87.7 Å². The number of nitrogens with zero attached hydrogens (tertiary/aromatic N) is 1. The van der Waals surface area contributed by atoms with E-state index in [1.54, 1.807) is 11.8 Å². The molecule has 0 spiro atoms. The summed E-state index contributed by atoms with van der Waals surface area (Å²) in [6.45, 7) is 2.66. The summed E-state index contributed by atoms with van der Waals surface area (Å²) in [5, 5.41) is 15.1. The molecule has 0 aromatic rings. The third-order valence-electron chi connectivity index (χ3n) is 3.44. The predicted octanol–water partition coefficient (Wildman–Crippen LogP) is 1.16. The molecule has 0 aromatic heterocycles. The van der Waals surface area contributed by atoms with E-state index in [2.05, 4.69) is 17.4 Å². The van der Waals surface area contributed by atoms with Crippen molar-refractivity contribution in [2.75, 3.05) is 12.8 Å². The Balaban J connectivity index is 2.68. The molecule has 1 amide bonds. The normalized spacial score (nSPS) is 21.2. The van der Waals surface area contributed by atoms with Gasteiger partial charge in [-0.1, -0.05) is 24.9 Å². The fourth-order valence-electron chi connectivity index (χ4n) is 2.16. The molecule has 17 heavy (non-hydrogen) atoms. The number of carbonyl (C=O) groups excluding carboxylic acids is 1. The van der Waals surface area contributed by atoms with Gasteiger partial charge in [-0.25, -0.2) is 0 Å². The van der Waals surface area contributed by atoms with E-state index >= 15 is 0 Å². The van der Waals surface area contributed by atoms with E-state index in [-0.39, 0.29) is 11.7 Å². The lowest BCUT2D eigenvalue weighted by Crippen LogP contribution is -2.49. The Kier molecular flexibility index (Phi) is 5.11. The molecule has 0 aromatic carbocycles. The van der Waals surface area contributed by atoms with Crippen LogP contribution in [0.25, 0.3) is 0 Å². The van der Waals surface area contributed by atoms with E-state index in [0.29, 0.717) is 24.6 Å². The van der Waals surface area contributed by atoms with Crippen LogP contribution in [0.5, 0.6) is 0 Å². The monoisotopic (exact) mass is 259 g/mol. The quantitative estimate of drug-likeness (QED) is 0.299. The van der Waals surface area contributed by atoms with Gasteiger partial charge >= 0.3 is 0 Å². The molecule has 1 rings (SSSR count). The Morgan fingerprint density at radius 1 is 1.59 bits per heavy atom. The minimum absolute atomic E-state index is 0.0457. The van der Waals surface area contributed by atoms with Crippen LogP contribution in [0.4, 0.5) is 0 Å². The summed E-state index contributed by atoms with van der Waals surface area (Å²) in [7, 11) is 0. The SMILES string of the molecule is CSC(C)CNC(=O)C1(C(N)=NO)CCCC1. The molecule has 0 aliphatic heterocycles. The Bertz CT molecular complexity index is 301. The van der Waals surface area contributed by atoms with Gasteiger partial charge in [-0.15, -0.1) is 0 Å². The highest BCUT2D eigenvalue weighted by atomic mass is 32.2. The van der Waals surface area contributed by atoms with Crippen molar-refractivity contribution >= 4 is 23.5 Å². The van der Waals surface area contributed by atoms with Crippen LogP contribution in [0.2, 0.25) is 0 Å². The maximum absolute atomic E-state index is 12.2. The number of rotatable bonds is 5. The number of hydrogen-bond acceptors (Lipinski definition) is 4. The van der Waals surface area contributed by atoms with Crippen LogP contribution in [0, 0.1) is 5.41 Å². The smallest absolute Gasteiger partial charge is 0.233 e. The van der Waals surface area contributed by atoms with Crippen LogP contribution in [0.15, 0.2) is 5.16 Å². The Morgan fingerprint density at radius 3 is 2.65 bits per heavy atom. The van der Waals surface area contributed by atoms with Gasteiger partial charge in [0.2, 0.25) is 5.91 Å². The molecular weight excluding hydrogens is 238 g/mol.